The Hall–Kier alpha value is -1.64. The van der Waals surface area contributed by atoms with E-state index in [1.165, 1.54) is 0 Å². The van der Waals surface area contributed by atoms with Crippen molar-refractivity contribution in [2.45, 2.75) is 25.7 Å². The van der Waals surface area contributed by atoms with Gasteiger partial charge in [-0.2, -0.15) is 0 Å². The molecule has 1 fully saturated rings. The Morgan fingerprint density at radius 3 is 2.31 bits per heavy atom. The number of rotatable bonds is 3. The number of carboxylic acids is 1. The summed E-state index contributed by atoms with van der Waals surface area (Å²) in [5.41, 5.74) is 0.107. The second-order valence-electron chi connectivity index (χ2n) is 4.49. The van der Waals surface area contributed by atoms with Crippen LogP contribution in [0.3, 0.4) is 0 Å². The summed E-state index contributed by atoms with van der Waals surface area (Å²) in [7, 11) is 0. The first-order valence-corrected chi connectivity index (χ1v) is 5.36. The number of carbonyl (C=O) groups excluding carboxylic acids is 1. The maximum absolute atomic E-state index is 11.3. The molecule has 84 valence electrons. The SMILES string of the molecule is CC(c1ccccc1)C1(C(=O)O)CC(=O)C1. The monoisotopic (exact) mass is 218 g/mol. The summed E-state index contributed by atoms with van der Waals surface area (Å²) in [6, 6.07) is 9.51. The van der Waals surface area contributed by atoms with Crippen LogP contribution < -0.4 is 0 Å². The van der Waals surface area contributed by atoms with Gasteiger partial charge in [0.2, 0.25) is 0 Å². The minimum Gasteiger partial charge on any atom is -0.481 e. The van der Waals surface area contributed by atoms with E-state index in [2.05, 4.69) is 0 Å². The zero-order valence-corrected chi connectivity index (χ0v) is 9.14. The summed E-state index contributed by atoms with van der Waals surface area (Å²) in [5.74, 6) is -0.933. The third kappa shape index (κ3) is 1.52. The summed E-state index contributed by atoms with van der Waals surface area (Å²) < 4.78 is 0. The number of hydrogen-bond acceptors (Lipinski definition) is 2. The van der Waals surface area contributed by atoms with Crippen LogP contribution in [0.1, 0.15) is 31.2 Å². The number of hydrogen-bond donors (Lipinski definition) is 1. The molecule has 0 aromatic heterocycles. The lowest BCUT2D eigenvalue weighted by Crippen LogP contribution is -2.47. The van der Waals surface area contributed by atoms with Crippen LogP contribution in [0.15, 0.2) is 30.3 Å². The van der Waals surface area contributed by atoms with Crippen LogP contribution in [-0.4, -0.2) is 16.9 Å². The van der Waals surface area contributed by atoms with Crippen LogP contribution in [0.4, 0.5) is 0 Å². The van der Waals surface area contributed by atoms with Crippen LogP contribution in [0.25, 0.3) is 0 Å². The topological polar surface area (TPSA) is 54.4 Å². The number of aliphatic carboxylic acids is 1. The fourth-order valence-corrected chi connectivity index (χ4v) is 2.36. The van der Waals surface area contributed by atoms with Crippen molar-refractivity contribution in [3.05, 3.63) is 35.9 Å². The van der Waals surface area contributed by atoms with Crippen molar-refractivity contribution < 1.29 is 14.7 Å². The molecule has 1 unspecified atom stereocenters. The Morgan fingerprint density at radius 2 is 1.88 bits per heavy atom. The van der Waals surface area contributed by atoms with Crippen LogP contribution in [0.5, 0.6) is 0 Å². The Morgan fingerprint density at radius 1 is 1.31 bits per heavy atom. The van der Waals surface area contributed by atoms with E-state index in [4.69, 9.17) is 0 Å². The van der Waals surface area contributed by atoms with Crippen molar-refractivity contribution in [1.82, 2.24) is 0 Å². The van der Waals surface area contributed by atoms with Gasteiger partial charge in [-0.3, -0.25) is 9.59 Å². The van der Waals surface area contributed by atoms with Crippen molar-refractivity contribution in [3.8, 4) is 0 Å². The van der Waals surface area contributed by atoms with Crippen molar-refractivity contribution >= 4 is 11.8 Å². The molecule has 1 N–H and O–H groups in total. The highest BCUT2D eigenvalue weighted by molar-refractivity contribution is 5.97. The van der Waals surface area contributed by atoms with Crippen molar-refractivity contribution in [2.24, 2.45) is 5.41 Å². The standard InChI is InChI=1S/C13H14O3/c1-9(10-5-3-2-4-6-10)13(12(15)16)7-11(14)8-13/h2-6,9H,7-8H2,1H3,(H,15,16). The molecule has 0 saturated heterocycles. The zero-order chi connectivity index (χ0) is 11.8. The first-order valence-electron chi connectivity index (χ1n) is 5.36. The lowest BCUT2D eigenvalue weighted by Gasteiger charge is -2.41. The van der Waals surface area contributed by atoms with E-state index in [9.17, 15) is 14.7 Å². The molecule has 1 aliphatic rings. The first-order chi connectivity index (χ1) is 7.56. The number of benzene rings is 1. The fourth-order valence-electron chi connectivity index (χ4n) is 2.36. The van der Waals surface area contributed by atoms with E-state index < -0.39 is 11.4 Å². The van der Waals surface area contributed by atoms with Crippen LogP contribution in [0.2, 0.25) is 0 Å². The lowest BCUT2D eigenvalue weighted by atomic mass is 9.59. The largest absolute Gasteiger partial charge is 0.481 e. The minimum atomic E-state index is -0.877. The summed E-state index contributed by atoms with van der Waals surface area (Å²) in [5, 5.41) is 9.28. The molecule has 0 spiro atoms. The highest BCUT2D eigenvalue weighted by atomic mass is 16.4. The molecule has 1 atom stereocenters. The van der Waals surface area contributed by atoms with E-state index in [0.29, 0.717) is 0 Å². The van der Waals surface area contributed by atoms with E-state index in [-0.39, 0.29) is 24.5 Å². The van der Waals surface area contributed by atoms with Gasteiger partial charge in [0.05, 0.1) is 5.41 Å². The molecule has 0 radical (unpaired) electrons. The van der Waals surface area contributed by atoms with Gasteiger partial charge in [-0.1, -0.05) is 37.3 Å². The summed E-state index contributed by atoms with van der Waals surface area (Å²) in [4.78, 5) is 22.4. The Labute approximate surface area is 94.1 Å². The maximum atomic E-state index is 11.3. The van der Waals surface area contributed by atoms with E-state index >= 15 is 0 Å². The van der Waals surface area contributed by atoms with Gasteiger partial charge in [0.15, 0.2) is 0 Å². The van der Waals surface area contributed by atoms with Crippen molar-refractivity contribution in [1.29, 1.82) is 0 Å². The predicted molar refractivity (Wildman–Crippen MR) is 59.2 cm³/mol. The van der Waals surface area contributed by atoms with Crippen LogP contribution in [-0.2, 0) is 9.59 Å². The summed E-state index contributed by atoms with van der Waals surface area (Å²) in [6.07, 6.45) is 0.330. The maximum Gasteiger partial charge on any atom is 0.311 e. The summed E-state index contributed by atoms with van der Waals surface area (Å²) >= 11 is 0. The highest BCUT2D eigenvalue weighted by Crippen LogP contribution is 2.49. The smallest absolute Gasteiger partial charge is 0.311 e. The molecule has 0 heterocycles. The van der Waals surface area contributed by atoms with E-state index in [1.54, 1.807) is 0 Å². The summed E-state index contributed by atoms with van der Waals surface area (Å²) in [6.45, 7) is 1.88. The van der Waals surface area contributed by atoms with E-state index in [1.807, 2.05) is 37.3 Å². The third-order valence-electron chi connectivity index (χ3n) is 3.58. The Bertz CT molecular complexity index is 414. The number of ketones is 1. The molecular weight excluding hydrogens is 204 g/mol. The molecule has 3 heteroatoms. The van der Waals surface area contributed by atoms with E-state index in [0.717, 1.165) is 5.56 Å². The normalized spacial score (nSPS) is 19.9. The number of Topliss-reactive ketones (excluding diaryl/α,β-unsaturated/α-hetero) is 1. The van der Waals surface area contributed by atoms with Crippen molar-refractivity contribution in [2.75, 3.05) is 0 Å². The fraction of sp³-hybridized carbons (Fsp3) is 0.385. The highest BCUT2D eigenvalue weighted by Gasteiger charge is 2.54. The van der Waals surface area contributed by atoms with Gasteiger partial charge in [0.25, 0.3) is 0 Å². The van der Waals surface area contributed by atoms with Crippen LogP contribution >= 0.6 is 0 Å². The van der Waals surface area contributed by atoms with Gasteiger partial charge in [-0.15, -0.1) is 0 Å². The van der Waals surface area contributed by atoms with Gasteiger partial charge < -0.3 is 5.11 Å². The molecule has 2 rings (SSSR count). The molecule has 0 amide bonds. The molecule has 0 bridgehead atoms. The van der Waals surface area contributed by atoms with Gasteiger partial charge >= 0.3 is 5.97 Å². The first kappa shape index (κ1) is 10.9. The number of carbonyl (C=O) groups is 2. The molecule has 1 aliphatic carbocycles. The number of carboxylic acid groups (broad SMARTS) is 1. The molecule has 1 aromatic rings. The predicted octanol–water partition coefficient (Wildman–Crippen LogP) is 2.22. The van der Waals surface area contributed by atoms with Crippen molar-refractivity contribution in [3.63, 3.8) is 0 Å². The van der Waals surface area contributed by atoms with Gasteiger partial charge in [-0.05, 0) is 11.5 Å². The molecule has 1 saturated carbocycles. The minimum absolute atomic E-state index is 0.0465. The molecular formula is C13H14O3. The molecule has 0 aliphatic heterocycles. The third-order valence-corrected chi connectivity index (χ3v) is 3.58. The molecule has 1 aromatic carbocycles. The zero-order valence-electron chi connectivity index (χ0n) is 9.14. The average Bonchev–Trinajstić information content (AvgIpc) is 2.24. The molecule has 3 nitrogen and oxygen atoms in total. The Kier molecular flexibility index (Phi) is 2.54. The van der Waals surface area contributed by atoms with Gasteiger partial charge in [0.1, 0.15) is 5.78 Å². The second-order valence-corrected chi connectivity index (χ2v) is 4.49. The molecule has 16 heavy (non-hydrogen) atoms. The Balaban J connectivity index is 2.29. The van der Waals surface area contributed by atoms with Gasteiger partial charge in [0, 0.05) is 12.8 Å². The van der Waals surface area contributed by atoms with Crippen LogP contribution in [0, 0.1) is 5.41 Å². The quantitative estimate of drug-likeness (QED) is 0.846. The lowest BCUT2D eigenvalue weighted by molar-refractivity contribution is -0.162. The van der Waals surface area contributed by atoms with Gasteiger partial charge in [-0.25, -0.2) is 0 Å². The second kappa shape index (κ2) is 3.74. The average molecular weight is 218 g/mol.